The molecule has 1 aliphatic carbocycles. The van der Waals surface area contributed by atoms with Crippen molar-refractivity contribution in [3.63, 3.8) is 0 Å². The van der Waals surface area contributed by atoms with Crippen LogP contribution in [0.15, 0.2) is 46.9 Å². The highest BCUT2D eigenvalue weighted by Gasteiger charge is 2.24. The summed E-state index contributed by atoms with van der Waals surface area (Å²) in [5, 5.41) is 22.3. The van der Waals surface area contributed by atoms with Crippen LogP contribution in [-0.2, 0) is 6.42 Å². The molecule has 2 heterocycles. The summed E-state index contributed by atoms with van der Waals surface area (Å²) >= 11 is 3.19. The van der Waals surface area contributed by atoms with Crippen molar-refractivity contribution >= 4 is 23.1 Å². The van der Waals surface area contributed by atoms with Gasteiger partial charge in [-0.3, -0.25) is 0 Å². The molecule has 3 aromatic rings. The molecule has 148 valence electrons. The van der Waals surface area contributed by atoms with Crippen molar-refractivity contribution in [3.05, 3.63) is 63.9 Å². The standard InChI is InChI=1S/C21H24FN3OS2/c22-18-11-5-4-10-17(18)19(26)14-28-21-24-23-20(13-16-9-6-12-27-16)25(21)15-7-2-1-3-8-15/h4-6,9-12,15,19,26H,1-3,7-8,13-14H2. The van der Waals surface area contributed by atoms with E-state index in [2.05, 4.69) is 32.3 Å². The molecule has 7 heteroatoms. The predicted molar refractivity (Wildman–Crippen MR) is 111 cm³/mol. The summed E-state index contributed by atoms with van der Waals surface area (Å²) in [6, 6.07) is 11.0. The molecule has 28 heavy (non-hydrogen) atoms. The average Bonchev–Trinajstić information content (AvgIpc) is 3.37. The molecular formula is C21H24FN3OS2. The van der Waals surface area contributed by atoms with Crippen molar-refractivity contribution in [1.29, 1.82) is 0 Å². The van der Waals surface area contributed by atoms with E-state index in [0.29, 0.717) is 17.4 Å². The number of halogens is 1. The number of aromatic nitrogens is 3. The van der Waals surface area contributed by atoms with Crippen molar-refractivity contribution in [2.45, 2.75) is 55.8 Å². The molecule has 1 aromatic carbocycles. The third-order valence-electron chi connectivity index (χ3n) is 5.22. The van der Waals surface area contributed by atoms with E-state index >= 15 is 0 Å². The molecule has 0 spiro atoms. The molecule has 2 aromatic heterocycles. The number of hydrogen-bond acceptors (Lipinski definition) is 5. The number of thiophene rings is 1. The summed E-state index contributed by atoms with van der Waals surface area (Å²) in [5.41, 5.74) is 0.331. The zero-order valence-electron chi connectivity index (χ0n) is 15.6. The molecular weight excluding hydrogens is 393 g/mol. The normalized spacial score (nSPS) is 16.4. The second-order valence-corrected chi connectivity index (χ2v) is 9.18. The van der Waals surface area contributed by atoms with Crippen LogP contribution in [0.5, 0.6) is 0 Å². The maximum absolute atomic E-state index is 14.0. The van der Waals surface area contributed by atoms with Gasteiger partial charge in [0, 0.05) is 28.7 Å². The summed E-state index contributed by atoms with van der Waals surface area (Å²) in [7, 11) is 0. The quantitative estimate of drug-likeness (QED) is 0.523. The Morgan fingerprint density at radius 1 is 1.14 bits per heavy atom. The first-order valence-corrected chi connectivity index (χ1v) is 11.6. The van der Waals surface area contributed by atoms with Gasteiger partial charge in [-0.05, 0) is 30.4 Å². The van der Waals surface area contributed by atoms with Crippen LogP contribution in [-0.4, -0.2) is 25.6 Å². The lowest BCUT2D eigenvalue weighted by molar-refractivity contribution is 0.198. The van der Waals surface area contributed by atoms with Crippen molar-refractivity contribution < 1.29 is 9.50 Å². The van der Waals surface area contributed by atoms with Crippen molar-refractivity contribution in [2.75, 3.05) is 5.75 Å². The van der Waals surface area contributed by atoms with Gasteiger partial charge in [0.25, 0.3) is 0 Å². The van der Waals surface area contributed by atoms with Gasteiger partial charge < -0.3 is 9.67 Å². The first-order valence-electron chi connectivity index (χ1n) is 9.74. The Kier molecular flexibility index (Phi) is 6.44. The molecule has 0 amide bonds. The summed E-state index contributed by atoms with van der Waals surface area (Å²) < 4.78 is 16.2. The molecule has 1 fully saturated rings. The molecule has 0 bridgehead atoms. The zero-order valence-corrected chi connectivity index (χ0v) is 17.3. The Bertz CT molecular complexity index is 891. The second kappa shape index (κ2) is 9.20. The monoisotopic (exact) mass is 417 g/mol. The van der Waals surface area contributed by atoms with Gasteiger partial charge in [-0.2, -0.15) is 0 Å². The molecule has 1 atom stereocenters. The fourth-order valence-electron chi connectivity index (χ4n) is 3.79. The number of aliphatic hydroxyl groups excluding tert-OH is 1. The Balaban J connectivity index is 1.54. The number of rotatable bonds is 7. The van der Waals surface area contributed by atoms with Crippen LogP contribution in [0.3, 0.4) is 0 Å². The van der Waals surface area contributed by atoms with Gasteiger partial charge in [0.05, 0.1) is 6.10 Å². The first kappa shape index (κ1) is 19.6. The maximum atomic E-state index is 14.0. The minimum absolute atomic E-state index is 0.331. The largest absolute Gasteiger partial charge is 0.387 e. The highest BCUT2D eigenvalue weighted by molar-refractivity contribution is 7.99. The van der Waals surface area contributed by atoms with Gasteiger partial charge in [-0.25, -0.2) is 4.39 Å². The van der Waals surface area contributed by atoms with Gasteiger partial charge >= 0.3 is 0 Å². The van der Waals surface area contributed by atoms with Crippen LogP contribution in [0.1, 0.15) is 60.5 Å². The molecule has 1 unspecified atom stereocenters. The van der Waals surface area contributed by atoms with E-state index < -0.39 is 6.10 Å². The molecule has 4 rings (SSSR count). The maximum Gasteiger partial charge on any atom is 0.191 e. The fourth-order valence-corrected chi connectivity index (χ4v) is 5.47. The second-order valence-electron chi connectivity index (χ2n) is 7.17. The summed E-state index contributed by atoms with van der Waals surface area (Å²) in [4.78, 5) is 1.27. The number of benzene rings is 1. The van der Waals surface area contributed by atoms with Crippen LogP contribution < -0.4 is 0 Å². The number of nitrogens with zero attached hydrogens (tertiary/aromatic N) is 3. The minimum Gasteiger partial charge on any atom is -0.387 e. The van der Waals surface area contributed by atoms with Gasteiger partial charge in [-0.1, -0.05) is 55.3 Å². The zero-order chi connectivity index (χ0) is 19.3. The molecule has 1 aliphatic rings. The first-order chi connectivity index (χ1) is 13.7. The number of thioether (sulfide) groups is 1. The molecule has 1 N–H and O–H groups in total. The van der Waals surface area contributed by atoms with Crippen LogP contribution in [0.2, 0.25) is 0 Å². The van der Waals surface area contributed by atoms with Crippen LogP contribution in [0.4, 0.5) is 4.39 Å². The van der Waals surface area contributed by atoms with Crippen LogP contribution in [0.25, 0.3) is 0 Å². The van der Waals surface area contributed by atoms with Gasteiger partial charge in [0.1, 0.15) is 11.6 Å². The third kappa shape index (κ3) is 4.47. The van der Waals surface area contributed by atoms with Crippen LogP contribution >= 0.6 is 23.1 Å². The van der Waals surface area contributed by atoms with Gasteiger partial charge in [-0.15, -0.1) is 21.5 Å². The minimum atomic E-state index is -0.872. The van der Waals surface area contributed by atoms with E-state index in [1.807, 2.05) is 0 Å². The lowest BCUT2D eigenvalue weighted by Crippen LogP contribution is -2.17. The Hall–Kier alpha value is -1.70. The summed E-state index contributed by atoms with van der Waals surface area (Å²) in [5.74, 6) is 0.963. The van der Waals surface area contributed by atoms with E-state index in [1.165, 1.54) is 42.0 Å². The average molecular weight is 418 g/mol. The third-order valence-corrected chi connectivity index (χ3v) is 7.12. The topological polar surface area (TPSA) is 50.9 Å². The SMILES string of the molecule is OC(CSc1nnc(Cc2cccs2)n1C1CCCCC1)c1ccccc1F. The Morgan fingerprint density at radius 3 is 2.71 bits per heavy atom. The molecule has 4 nitrogen and oxygen atoms in total. The number of hydrogen-bond donors (Lipinski definition) is 1. The summed E-state index contributed by atoms with van der Waals surface area (Å²) in [6.45, 7) is 0. The fraction of sp³-hybridized carbons (Fsp3) is 0.429. The predicted octanol–water partition coefficient (Wildman–Crippen LogP) is 5.40. The highest BCUT2D eigenvalue weighted by Crippen LogP contribution is 2.34. The van der Waals surface area contributed by atoms with E-state index in [-0.39, 0.29) is 5.82 Å². The molecule has 1 saturated carbocycles. The smallest absolute Gasteiger partial charge is 0.191 e. The lowest BCUT2D eigenvalue weighted by atomic mass is 9.95. The van der Waals surface area contributed by atoms with E-state index in [4.69, 9.17) is 0 Å². The lowest BCUT2D eigenvalue weighted by Gasteiger charge is -2.25. The van der Waals surface area contributed by atoms with E-state index in [1.54, 1.807) is 29.5 Å². The molecule has 0 radical (unpaired) electrons. The highest BCUT2D eigenvalue weighted by atomic mass is 32.2. The Morgan fingerprint density at radius 2 is 1.96 bits per heavy atom. The molecule has 0 saturated heterocycles. The Labute approximate surface area is 172 Å². The van der Waals surface area contributed by atoms with Gasteiger partial charge in [0.2, 0.25) is 0 Å². The van der Waals surface area contributed by atoms with Crippen molar-refractivity contribution in [3.8, 4) is 0 Å². The van der Waals surface area contributed by atoms with Crippen molar-refractivity contribution in [1.82, 2.24) is 14.8 Å². The van der Waals surface area contributed by atoms with Crippen molar-refractivity contribution in [2.24, 2.45) is 0 Å². The number of aliphatic hydroxyl groups is 1. The van der Waals surface area contributed by atoms with Crippen LogP contribution in [0, 0.1) is 5.82 Å². The van der Waals surface area contributed by atoms with E-state index in [9.17, 15) is 9.50 Å². The van der Waals surface area contributed by atoms with E-state index in [0.717, 1.165) is 30.2 Å². The summed E-state index contributed by atoms with van der Waals surface area (Å²) in [6.07, 6.45) is 5.92. The van der Waals surface area contributed by atoms with Gasteiger partial charge in [0.15, 0.2) is 5.16 Å². The molecule has 0 aliphatic heterocycles.